The van der Waals surface area contributed by atoms with E-state index in [1.807, 2.05) is 0 Å². The van der Waals surface area contributed by atoms with E-state index < -0.39 is 0 Å². The Morgan fingerprint density at radius 3 is 3.00 bits per heavy atom. The molecule has 0 aliphatic carbocycles. The molecule has 0 radical (unpaired) electrons. The van der Waals surface area contributed by atoms with Crippen LogP contribution in [0.5, 0.6) is 0 Å². The highest BCUT2D eigenvalue weighted by atomic mass is 19.1. The Balaban J connectivity index is 1.98. The summed E-state index contributed by atoms with van der Waals surface area (Å²) in [6, 6.07) is 6.22. The summed E-state index contributed by atoms with van der Waals surface area (Å²) in [7, 11) is 0. The van der Waals surface area contributed by atoms with Crippen LogP contribution in [0.25, 0.3) is 0 Å². The Hall–Kier alpha value is -2.21. The van der Waals surface area contributed by atoms with Gasteiger partial charge in [0.1, 0.15) is 11.6 Å². The maximum absolute atomic E-state index is 13.1. The Kier molecular flexibility index (Phi) is 2.56. The lowest BCUT2D eigenvalue weighted by molar-refractivity contribution is 0.628. The first-order chi connectivity index (χ1) is 8.72. The number of hydrogen-bond acceptors (Lipinski definition) is 5. The number of fused-ring (bicyclic) bond motifs is 1. The van der Waals surface area contributed by atoms with E-state index in [1.54, 1.807) is 12.1 Å². The number of nitrogens with two attached hydrogens (primary N) is 1. The highest BCUT2D eigenvalue weighted by Gasteiger charge is 2.18. The minimum atomic E-state index is -0.295. The molecule has 6 heteroatoms. The Bertz CT molecular complexity index is 599. The monoisotopic (exact) mass is 245 g/mol. The van der Waals surface area contributed by atoms with Crippen LogP contribution < -0.4 is 16.4 Å². The van der Waals surface area contributed by atoms with Gasteiger partial charge in [0.25, 0.3) is 0 Å². The van der Waals surface area contributed by atoms with E-state index in [0.717, 1.165) is 11.3 Å². The molecular formula is C12H12FN5. The molecule has 1 aromatic carbocycles. The van der Waals surface area contributed by atoms with Crippen LogP contribution in [0, 0.1) is 5.82 Å². The first kappa shape index (κ1) is 10.9. The maximum atomic E-state index is 13.1. The molecule has 92 valence electrons. The number of anilines is 3. The summed E-state index contributed by atoms with van der Waals surface area (Å²) in [6.45, 7) is 1.37. The zero-order valence-electron chi connectivity index (χ0n) is 9.57. The molecule has 4 N–H and O–H groups in total. The van der Waals surface area contributed by atoms with Crippen molar-refractivity contribution in [3.63, 3.8) is 0 Å². The second-order valence-corrected chi connectivity index (χ2v) is 4.09. The van der Waals surface area contributed by atoms with Gasteiger partial charge in [-0.3, -0.25) is 0 Å². The van der Waals surface area contributed by atoms with Crippen LogP contribution >= 0.6 is 0 Å². The first-order valence-electron chi connectivity index (χ1n) is 5.61. The standard InChI is InChI=1S/C12H12FN5/c13-7-2-1-3-8(4-7)16-11-9-5-15-6-10(9)17-12(14)18-11/h1-4,15H,5-6H2,(H3,14,16,17,18). The molecule has 5 nitrogen and oxygen atoms in total. The zero-order chi connectivity index (χ0) is 12.5. The maximum Gasteiger partial charge on any atom is 0.222 e. The highest BCUT2D eigenvalue weighted by Crippen LogP contribution is 2.25. The first-order valence-corrected chi connectivity index (χ1v) is 5.61. The minimum Gasteiger partial charge on any atom is -0.368 e. The van der Waals surface area contributed by atoms with Gasteiger partial charge in [-0.15, -0.1) is 0 Å². The van der Waals surface area contributed by atoms with E-state index in [0.29, 0.717) is 24.6 Å². The highest BCUT2D eigenvalue weighted by molar-refractivity contribution is 5.62. The lowest BCUT2D eigenvalue weighted by Gasteiger charge is -2.10. The summed E-state index contributed by atoms with van der Waals surface area (Å²) in [5.41, 5.74) is 8.16. The van der Waals surface area contributed by atoms with Gasteiger partial charge in [0.2, 0.25) is 5.95 Å². The molecule has 3 rings (SSSR count). The molecule has 2 heterocycles. The van der Waals surface area contributed by atoms with Crippen molar-refractivity contribution in [2.45, 2.75) is 13.1 Å². The molecule has 1 aromatic heterocycles. The van der Waals surface area contributed by atoms with Crippen molar-refractivity contribution in [1.82, 2.24) is 15.3 Å². The molecule has 0 spiro atoms. The van der Waals surface area contributed by atoms with Crippen LogP contribution in [0.2, 0.25) is 0 Å². The molecule has 0 saturated carbocycles. The Morgan fingerprint density at radius 1 is 1.28 bits per heavy atom. The van der Waals surface area contributed by atoms with E-state index in [1.165, 1.54) is 12.1 Å². The fraction of sp³-hybridized carbons (Fsp3) is 0.167. The molecular weight excluding hydrogens is 233 g/mol. The summed E-state index contributed by atoms with van der Waals surface area (Å²) in [4.78, 5) is 8.33. The smallest absolute Gasteiger partial charge is 0.222 e. The van der Waals surface area contributed by atoms with Gasteiger partial charge in [0.15, 0.2) is 0 Å². The van der Waals surface area contributed by atoms with Crippen molar-refractivity contribution in [3.8, 4) is 0 Å². The zero-order valence-corrected chi connectivity index (χ0v) is 9.57. The van der Waals surface area contributed by atoms with Crippen molar-refractivity contribution in [2.75, 3.05) is 11.1 Å². The molecule has 2 aromatic rings. The van der Waals surface area contributed by atoms with Gasteiger partial charge in [-0.1, -0.05) is 6.07 Å². The number of hydrogen-bond donors (Lipinski definition) is 3. The average Bonchev–Trinajstić information content (AvgIpc) is 2.77. The summed E-state index contributed by atoms with van der Waals surface area (Å²) in [5, 5.41) is 6.26. The van der Waals surface area contributed by atoms with Crippen LogP contribution in [0.4, 0.5) is 21.8 Å². The average molecular weight is 245 g/mol. The summed E-state index contributed by atoms with van der Waals surface area (Å²) < 4.78 is 13.1. The van der Waals surface area contributed by atoms with Crippen molar-refractivity contribution in [1.29, 1.82) is 0 Å². The number of benzene rings is 1. The third kappa shape index (κ3) is 1.98. The summed E-state index contributed by atoms with van der Waals surface area (Å²) in [5.74, 6) is 0.557. The fourth-order valence-corrected chi connectivity index (χ4v) is 1.99. The van der Waals surface area contributed by atoms with Gasteiger partial charge in [-0.2, -0.15) is 4.98 Å². The number of nitrogens with one attached hydrogen (secondary N) is 2. The van der Waals surface area contributed by atoms with Crippen LogP contribution in [0.15, 0.2) is 24.3 Å². The van der Waals surface area contributed by atoms with Gasteiger partial charge in [-0.25, -0.2) is 9.37 Å². The minimum absolute atomic E-state index is 0.219. The number of nitrogens with zero attached hydrogens (tertiary/aromatic N) is 2. The van der Waals surface area contributed by atoms with E-state index in [9.17, 15) is 4.39 Å². The largest absolute Gasteiger partial charge is 0.368 e. The van der Waals surface area contributed by atoms with Crippen molar-refractivity contribution >= 4 is 17.5 Å². The summed E-state index contributed by atoms with van der Waals surface area (Å²) in [6.07, 6.45) is 0. The van der Waals surface area contributed by atoms with Gasteiger partial charge >= 0.3 is 0 Å². The van der Waals surface area contributed by atoms with Crippen LogP contribution in [0.1, 0.15) is 11.3 Å². The fourth-order valence-electron chi connectivity index (χ4n) is 1.99. The molecule has 1 aliphatic rings. The van der Waals surface area contributed by atoms with E-state index in [4.69, 9.17) is 5.73 Å². The van der Waals surface area contributed by atoms with Crippen LogP contribution in [0.3, 0.4) is 0 Å². The third-order valence-corrected chi connectivity index (χ3v) is 2.79. The second-order valence-electron chi connectivity index (χ2n) is 4.09. The molecule has 18 heavy (non-hydrogen) atoms. The quantitative estimate of drug-likeness (QED) is 0.748. The van der Waals surface area contributed by atoms with Crippen LogP contribution in [-0.4, -0.2) is 9.97 Å². The molecule has 0 bridgehead atoms. The number of rotatable bonds is 2. The molecule has 0 saturated heterocycles. The number of halogens is 1. The van der Waals surface area contributed by atoms with Crippen molar-refractivity contribution in [2.24, 2.45) is 0 Å². The Morgan fingerprint density at radius 2 is 2.17 bits per heavy atom. The predicted molar refractivity (Wildman–Crippen MR) is 66.7 cm³/mol. The summed E-state index contributed by atoms with van der Waals surface area (Å²) >= 11 is 0. The van der Waals surface area contributed by atoms with Gasteiger partial charge < -0.3 is 16.4 Å². The lowest BCUT2D eigenvalue weighted by atomic mass is 10.2. The molecule has 1 aliphatic heterocycles. The van der Waals surface area contributed by atoms with E-state index in [-0.39, 0.29) is 11.8 Å². The van der Waals surface area contributed by atoms with Crippen molar-refractivity contribution in [3.05, 3.63) is 41.3 Å². The SMILES string of the molecule is Nc1nc2c(c(Nc3cccc(F)c3)n1)CNC2. The Labute approximate surface area is 103 Å². The number of aromatic nitrogens is 2. The molecule has 0 unspecified atom stereocenters. The van der Waals surface area contributed by atoms with E-state index >= 15 is 0 Å². The van der Waals surface area contributed by atoms with Gasteiger partial charge in [0.05, 0.1) is 5.69 Å². The number of nitrogen functional groups attached to an aromatic ring is 1. The molecule has 0 amide bonds. The van der Waals surface area contributed by atoms with Gasteiger partial charge in [0, 0.05) is 24.3 Å². The van der Waals surface area contributed by atoms with Crippen LogP contribution in [-0.2, 0) is 13.1 Å². The molecule has 0 fully saturated rings. The molecule has 0 atom stereocenters. The second kappa shape index (κ2) is 4.23. The third-order valence-electron chi connectivity index (χ3n) is 2.79. The van der Waals surface area contributed by atoms with E-state index in [2.05, 4.69) is 20.6 Å². The topological polar surface area (TPSA) is 75.9 Å². The lowest BCUT2D eigenvalue weighted by Crippen LogP contribution is -2.05. The predicted octanol–water partition coefficient (Wildman–Crippen LogP) is 1.54. The normalized spacial score (nSPS) is 13.4. The van der Waals surface area contributed by atoms with Crippen molar-refractivity contribution < 1.29 is 4.39 Å². The van der Waals surface area contributed by atoms with Gasteiger partial charge in [-0.05, 0) is 18.2 Å².